The molecule has 1 aromatic rings. The molecule has 0 N–H and O–H groups in total. The number of amides is 1. The first-order valence-corrected chi connectivity index (χ1v) is 9.57. The number of likely N-dealkylation sites (tertiary alicyclic amines) is 1. The van der Waals surface area contributed by atoms with Crippen molar-refractivity contribution in [1.29, 1.82) is 0 Å². The SMILES string of the molecule is COC(=O)c1ccc(OCCCC2CCCN(C(=O)OC(C)(C)C)C2)cc1. The van der Waals surface area contributed by atoms with E-state index in [1.54, 1.807) is 24.3 Å². The summed E-state index contributed by atoms with van der Waals surface area (Å²) < 4.78 is 15.9. The summed E-state index contributed by atoms with van der Waals surface area (Å²) in [6.07, 6.45) is 3.87. The second kappa shape index (κ2) is 9.62. The number of rotatable bonds is 6. The van der Waals surface area contributed by atoms with Gasteiger partial charge in [-0.2, -0.15) is 0 Å². The summed E-state index contributed by atoms with van der Waals surface area (Å²) in [6.45, 7) is 7.81. The van der Waals surface area contributed by atoms with E-state index in [0.29, 0.717) is 18.1 Å². The van der Waals surface area contributed by atoms with Gasteiger partial charge in [0.15, 0.2) is 0 Å². The minimum atomic E-state index is -0.457. The third kappa shape index (κ3) is 7.12. The summed E-state index contributed by atoms with van der Waals surface area (Å²) in [5.41, 5.74) is 0.0515. The Morgan fingerprint density at radius 3 is 2.52 bits per heavy atom. The molecule has 1 fully saturated rings. The van der Waals surface area contributed by atoms with Crippen molar-refractivity contribution in [2.24, 2.45) is 5.92 Å². The molecule has 0 bridgehead atoms. The molecule has 6 nitrogen and oxygen atoms in total. The van der Waals surface area contributed by atoms with Crippen LogP contribution in [0.3, 0.4) is 0 Å². The van der Waals surface area contributed by atoms with Gasteiger partial charge in [-0.15, -0.1) is 0 Å². The Bertz CT molecular complexity index is 620. The zero-order chi connectivity index (χ0) is 19.9. The first-order chi connectivity index (χ1) is 12.8. The van der Waals surface area contributed by atoms with Crippen LogP contribution in [0.5, 0.6) is 5.75 Å². The fraction of sp³-hybridized carbons (Fsp3) is 0.619. The topological polar surface area (TPSA) is 65.1 Å². The van der Waals surface area contributed by atoms with Crippen molar-refractivity contribution in [3.05, 3.63) is 29.8 Å². The molecule has 1 aliphatic heterocycles. The van der Waals surface area contributed by atoms with Crippen molar-refractivity contribution < 1.29 is 23.8 Å². The van der Waals surface area contributed by atoms with Gasteiger partial charge >= 0.3 is 12.1 Å². The van der Waals surface area contributed by atoms with Crippen molar-refractivity contribution in [2.75, 3.05) is 26.8 Å². The van der Waals surface area contributed by atoms with Crippen molar-refractivity contribution in [3.8, 4) is 5.75 Å². The average molecular weight is 377 g/mol. The van der Waals surface area contributed by atoms with Crippen molar-refractivity contribution in [3.63, 3.8) is 0 Å². The predicted octanol–water partition coefficient (Wildman–Crippen LogP) is 4.28. The van der Waals surface area contributed by atoms with Gasteiger partial charge in [0.05, 0.1) is 19.3 Å². The third-order valence-corrected chi connectivity index (χ3v) is 4.47. The van der Waals surface area contributed by atoms with Gasteiger partial charge in [0.25, 0.3) is 0 Å². The van der Waals surface area contributed by atoms with E-state index < -0.39 is 5.60 Å². The number of hydrogen-bond acceptors (Lipinski definition) is 5. The second-order valence-electron chi connectivity index (χ2n) is 7.94. The van der Waals surface area contributed by atoms with Gasteiger partial charge in [0.2, 0.25) is 0 Å². The standard InChI is InChI=1S/C21H31NO5/c1-21(2,3)27-20(24)22-13-5-7-16(15-22)8-6-14-26-18-11-9-17(10-12-18)19(23)25-4/h9-12,16H,5-8,13-15H2,1-4H3. The van der Waals surface area contributed by atoms with Gasteiger partial charge in [-0.1, -0.05) is 0 Å². The number of carbonyl (C=O) groups excluding carboxylic acids is 2. The zero-order valence-corrected chi connectivity index (χ0v) is 16.8. The summed E-state index contributed by atoms with van der Waals surface area (Å²) in [5, 5.41) is 0. The van der Waals surface area contributed by atoms with Crippen LogP contribution in [0.15, 0.2) is 24.3 Å². The molecule has 0 saturated carbocycles. The Hall–Kier alpha value is -2.24. The van der Waals surface area contributed by atoms with Crippen molar-refractivity contribution in [1.82, 2.24) is 4.90 Å². The number of hydrogen-bond donors (Lipinski definition) is 0. The van der Waals surface area contributed by atoms with E-state index in [9.17, 15) is 9.59 Å². The first-order valence-electron chi connectivity index (χ1n) is 9.57. The van der Waals surface area contributed by atoms with Crippen LogP contribution in [0.25, 0.3) is 0 Å². The van der Waals surface area contributed by atoms with E-state index in [-0.39, 0.29) is 12.1 Å². The smallest absolute Gasteiger partial charge is 0.410 e. The molecule has 1 saturated heterocycles. The fourth-order valence-corrected chi connectivity index (χ4v) is 3.16. The average Bonchev–Trinajstić information content (AvgIpc) is 2.64. The summed E-state index contributed by atoms with van der Waals surface area (Å²) >= 11 is 0. The van der Waals surface area contributed by atoms with Gasteiger partial charge in [-0.25, -0.2) is 9.59 Å². The van der Waals surface area contributed by atoms with Crippen molar-refractivity contribution in [2.45, 2.75) is 52.1 Å². The largest absolute Gasteiger partial charge is 0.494 e. The van der Waals surface area contributed by atoms with Crippen LogP contribution in [0.4, 0.5) is 4.79 Å². The molecule has 0 aromatic heterocycles. The Kier molecular flexibility index (Phi) is 7.51. The molecule has 0 radical (unpaired) electrons. The Balaban J connectivity index is 1.70. The number of methoxy groups -OCH3 is 1. The highest BCUT2D eigenvalue weighted by molar-refractivity contribution is 5.89. The number of carbonyl (C=O) groups is 2. The maximum atomic E-state index is 12.2. The second-order valence-corrected chi connectivity index (χ2v) is 7.94. The lowest BCUT2D eigenvalue weighted by Crippen LogP contribution is -2.42. The van der Waals surface area contributed by atoms with Gasteiger partial charge in [0, 0.05) is 13.1 Å². The highest BCUT2D eigenvalue weighted by Crippen LogP contribution is 2.23. The van der Waals surface area contributed by atoms with Gasteiger partial charge in [-0.3, -0.25) is 0 Å². The van der Waals surface area contributed by atoms with E-state index in [2.05, 4.69) is 4.74 Å². The Morgan fingerprint density at radius 1 is 1.19 bits per heavy atom. The molecule has 27 heavy (non-hydrogen) atoms. The van der Waals surface area contributed by atoms with Crippen LogP contribution >= 0.6 is 0 Å². The highest BCUT2D eigenvalue weighted by Gasteiger charge is 2.27. The lowest BCUT2D eigenvalue weighted by Gasteiger charge is -2.34. The van der Waals surface area contributed by atoms with Crippen LogP contribution in [-0.4, -0.2) is 49.4 Å². The van der Waals surface area contributed by atoms with Gasteiger partial charge < -0.3 is 19.1 Å². The van der Waals surface area contributed by atoms with E-state index in [4.69, 9.17) is 9.47 Å². The monoisotopic (exact) mass is 377 g/mol. The van der Waals surface area contributed by atoms with E-state index in [1.807, 2.05) is 25.7 Å². The Labute approximate surface area is 161 Å². The lowest BCUT2D eigenvalue weighted by atomic mass is 9.94. The molecule has 1 aromatic carbocycles. The van der Waals surface area contributed by atoms with E-state index >= 15 is 0 Å². The maximum Gasteiger partial charge on any atom is 0.410 e. The summed E-state index contributed by atoms with van der Waals surface area (Å²) in [5.74, 6) is 0.867. The van der Waals surface area contributed by atoms with Crippen LogP contribution in [0.2, 0.25) is 0 Å². The molecule has 0 aliphatic carbocycles. The number of piperidine rings is 1. The van der Waals surface area contributed by atoms with Crippen LogP contribution < -0.4 is 4.74 Å². The highest BCUT2D eigenvalue weighted by atomic mass is 16.6. The Morgan fingerprint density at radius 2 is 1.89 bits per heavy atom. The molecule has 1 heterocycles. The predicted molar refractivity (Wildman–Crippen MR) is 103 cm³/mol. The summed E-state index contributed by atoms with van der Waals surface area (Å²) in [6, 6.07) is 6.94. The minimum absolute atomic E-state index is 0.214. The minimum Gasteiger partial charge on any atom is -0.494 e. The lowest BCUT2D eigenvalue weighted by molar-refractivity contribution is 0.0159. The fourth-order valence-electron chi connectivity index (χ4n) is 3.16. The van der Waals surface area contributed by atoms with E-state index in [0.717, 1.165) is 44.5 Å². The third-order valence-electron chi connectivity index (χ3n) is 4.47. The molecule has 2 rings (SSSR count). The molecular weight excluding hydrogens is 346 g/mol. The molecular formula is C21H31NO5. The molecule has 0 spiro atoms. The van der Waals surface area contributed by atoms with E-state index in [1.165, 1.54) is 7.11 Å². The van der Waals surface area contributed by atoms with Crippen LogP contribution in [0.1, 0.15) is 56.8 Å². The normalized spacial score (nSPS) is 17.3. The number of benzene rings is 1. The number of ether oxygens (including phenoxy) is 3. The summed E-state index contributed by atoms with van der Waals surface area (Å²) in [4.78, 5) is 25.5. The van der Waals surface area contributed by atoms with Gasteiger partial charge in [0.1, 0.15) is 11.4 Å². The molecule has 1 amide bonds. The van der Waals surface area contributed by atoms with Crippen molar-refractivity contribution >= 4 is 12.1 Å². The summed E-state index contributed by atoms with van der Waals surface area (Å²) in [7, 11) is 1.36. The molecule has 1 unspecified atom stereocenters. The van der Waals surface area contributed by atoms with Gasteiger partial charge in [-0.05, 0) is 76.6 Å². The van der Waals surface area contributed by atoms with Crippen LogP contribution in [-0.2, 0) is 9.47 Å². The molecule has 6 heteroatoms. The zero-order valence-electron chi connectivity index (χ0n) is 16.8. The first kappa shape index (κ1) is 21.1. The quantitative estimate of drug-likeness (QED) is 0.547. The molecule has 150 valence electrons. The molecule has 1 aliphatic rings. The number of nitrogens with zero attached hydrogens (tertiary/aromatic N) is 1. The number of esters is 1. The maximum absolute atomic E-state index is 12.2. The molecule has 1 atom stereocenters. The van der Waals surface area contributed by atoms with Crippen LogP contribution in [0, 0.1) is 5.92 Å².